The molecule has 94 valence electrons. The van der Waals surface area contributed by atoms with Crippen LogP contribution in [0.3, 0.4) is 0 Å². The van der Waals surface area contributed by atoms with Crippen LogP contribution in [-0.4, -0.2) is 32.4 Å². The van der Waals surface area contributed by atoms with Gasteiger partial charge in [0.1, 0.15) is 11.5 Å². The molecule has 0 aliphatic rings. The first-order valence-corrected chi connectivity index (χ1v) is 4.83. The van der Waals surface area contributed by atoms with Crippen molar-refractivity contribution in [1.29, 1.82) is 0 Å². The molecule has 0 aromatic heterocycles. The number of phenolic OH excluding ortho intramolecular Hbond substituents is 2. The fourth-order valence-electron chi connectivity index (χ4n) is 0.884. The maximum atomic E-state index is 9.79. The summed E-state index contributed by atoms with van der Waals surface area (Å²) < 4.78 is 0. The number of carbonyl (C=O) groups is 2. The molecule has 0 atom stereocenters. The minimum Gasteiger partial charge on any atom is -0.508 e. The van der Waals surface area contributed by atoms with Crippen molar-refractivity contribution < 1.29 is 30.0 Å². The summed E-state index contributed by atoms with van der Waals surface area (Å²) >= 11 is 0. The van der Waals surface area contributed by atoms with E-state index in [1.54, 1.807) is 6.07 Å². The van der Waals surface area contributed by atoms with E-state index in [1.165, 1.54) is 18.2 Å². The standard InChI is InChI=1S/C6H6O2.C5H8O4/c7-5-2-1-3-6(8)4-5;6-4(7)2-1-3-5(8)9/h1-4,7-8H;1-3H2,(H,6,7)(H,8,9). The zero-order chi connectivity index (χ0) is 13.3. The molecule has 17 heavy (non-hydrogen) atoms. The molecule has 0 unspecified atom stereocenters. The second kappa shape index (κ2) is 7.98. The number of aliphatic carboxylic acids is 2. The average molecular weight is 242 g/mol. The third kappa shape index (κ3) is 10.1. The summed E-state index contributed by atoms with van der Waals surface area (Å²) in [6, 6.07) is 5.85. The smallest absolute Gasteiger partial charge is 0.303 e. The van der Waals surface area contributed by atoms with Crippen molar-refractivity contribution in [3.05, 3.63) is 24.3 Å². The van der Waals surface area contributed by atoms with Gasteiger partial charge in [-0.15, -0.1) is 0 Å². The Labute approximate surface area is 97.8 Å². The molecule has 0 aliphatic carbocycles. The van der Waals surface area contributed by atoms with Crippen molar-refractivity contribution in [2.24, 2.45) is 0 Å². The fourth-order valence-corrected chi connectivity index (χ4v) is 0.884. The Bertz CT molecular complexity index is 343. The SMILES string of the molecule is O=C(O)CCCC(=O)O.Oc1cccc(O)c1. The van der Waals surface area contributed by atoms with Crippen molar-refractivity contribution in [2.75, 3.05) is 0 Å². The first-order chi connectivity index (χ1) is 7.91. The Balaban J connectivity index is 0.000000302. The molecule has 0 spiro atoms. The number of benzene rings is 1. The number of hydrogen-bond donors (Lipinski definition) is 4. The lowest BCUT2D eigenvalue weighted by atomic mass is 10.2. The van der Waals surface area contributed by atoms with Gasteiger partial charge in [-0.1, -0.05) is 6.07 Å². The van der Waals surface area contributed by atoms with E-state index in [-0.39, 0.29) is 30.8 Å². The number of carboxylic acid groups (broad SMARTS) is 2. The Morgan fingerprint density at radius 2 is 1.35 bits per heavy atom. The van der Waals surface area contributed by atoms with E-state index in [4.69, 9.17) is 20.4 Å². The molecule has 0 saturated heterocycles. The third-order valence-corrected chi connectivity index (χ3v) is 1.61. The number of carboxylic acids is 2. The maximum Gasteiger partial charge on any atom is 0.303 e. The van der Waals surface area contributed by atoms with E-state index in [1.807, 2.05) is 0 Å². The molecule has 0 heterocycles. The van der Waals surface area contributed by atoms with Gasteiger partial charge >= 0.3 is 11.9 Å². The van der Waals surface area contributed by atoms with Crippen LogP contribution in [0, 0.1) is 0 Å². The lowest BCUT2D eigenvalue weighted by Crippen LogP contribution is -1.98. The molecule has 6 heteroatoms. The summed E-state index contributed by atoms with van der Waals surface area (Å²) in [4.78, 5) is 19.6. The molecular formula is C11H14O6. The van der Waals surface area contributed by atoms with Crippen LogP contribution in [0.15, 0.2) is 24.3 Å². The Morgan fingerprint density at radius 1 is 0.941 bits per heavy atom. The number of phenols is 2. The minimum atomic E-state index is -0.948. The number of hydrogen-bond acceptors (Lipinski definition) is 4. The second-order valence-electron chi connectivity index (χ2n) is 3.16. The van der Waals surface area contributed by atoms with Crippen LogP contribution in [0.2, 0.25) is 0 Å². The van der Waals surface area contributed by atoms with Gasteiger partial charge in [0, 0.05) is 18.9 Å². The van der Waals surface area contributed by atoms with E-state index >= 15 is 0 Å². The molecule has 4 N–H and O–H groups in total. The van der Waals surface area contributed by atoms with Crippen LogP contribution in [0.25, 0.3) is 0 Å². The van der Waals surface area contributed by atoms with Gasteiger partial charge in [0.25, 0.3) is 0 Å². The predicted octanol–water partition coefficient (Wildman–Crippen LogP) is 1.42. The molecule has 0 fully saturated rings. The number of rotatable bonds is 4. The Hall–Kier alpha value is -2.24. The van der Waals surface area contributed by atoms with E-state index in [9.17, 15) is 9.59 Å². The van der Waals surface area contributed by atoms with E-state index in [0.29, 0.717) is 0 Å². The van der Waals surface area contributed by atoms with Crippen LogP contribution in [0.4, 0.5) is 0 Å². The van der Waals surface area contributed by atoms with Gasteiger partial charge in [-0.25, -0.2) is 0 Å². The topological polar surface area (TPSA) is 115 Å². The fraction of sp³-hybridized carbons (Fsp3) is 0.273. The molecule has 1 rings (SSSR count). The van der Waals surface area contributed by atoms with Gasteiger partial charge in [0.15, 0.2) is 0 Å². The summed E-state index contributed by atoms with van der Waals surface area (Å²) in [7, 11) is 0. The third-order valence-electron chi connectivity index (χ3n) is 1.61. The predicted molar refractivity (Wildman–Crippen MR) is 58.9 cm³/mol. The van der Waals surface area contributed by atoms with Crippen molar-refractivity contribution in [1.82, 2.24) is 0 Å². The van der Waals surface area contributed by atoms with Gasteiger partial charge in [0.05, 0.1) is 0 Å². The minimum absolute atomic E-state index is 0.0632. The molecule has 0 radical (unpaired) electrons. The van der Waals surface area contributed by atoms with Crippen molar-refractivity contribution in [2.45, 2.75) is 19.3 Å². The summed E-state index contributed by atoms with van der Waals surface area (Å²) in [6.07, 6.45) is 0.0866. The van der Waals surface area contributed by atoms with Crippen LogP contribution < -0.4 is 0 Å². The van der Waals surface area contributed by atoms with Gasteiger partial charge < -0.3 is 20.4 Å². The highest BCUT2D eigenvalue weighted by molar-refractivity contribution is 5.69. The zero-order valence-electron chi connectivity index (χ0n) is 9.04. The largest absolute Gasteiger partial charge is 0.508 e. The zero-order valence-corrected chi connectivity index (χ0v) is 9.04. The maximum absolute atomic E-state index is 9.79. The van der Waals surface area contributed by atoms with Crippen LogP contribution in [0.5, 0.6) is 11.5 Å². The lowest BCUT2D eigenvalue weighted by molar-refractivity contribution is -0.138. The average Bonchev–Trinajstić information content (AvgIpc) is 2.16. The Morgan fingerprint density at radius 3 is 1.59 bits per heavy atom. The molecule has 0 amide bonds. The van der Waals surface area contributed by atoms with Gasteiger partial charge in [-0.2, -0.15) is 0 Å². The highest BCUT2D eigenvalue weighted by Gasteiger charge is 1.99. The quantitative estimate of drug-likeness (QED) is 0.634. The van der Waals surface area contributed by atoms with E-state index in [0.717, 1.165) is 0 Å². The van der Waals surface area contributed by atoms with Crippen molar-refractivity contribution >= 4 is 11.9 Å². The normalized spacial score (nSPS) is 8.94. The van der Waals surface area contributed by atoms with Gasteiger partial charge in [-0.05, 0) is 18.6 Å². The molecule has 0 saturated carbocycles. The van der Waals surface area contributed by atoms with Crippen molar-refractivity contribution in [3.8, 4) is 11.5 Å². The van der Waals surface area contributed by atoms with Crippen LogP contribution >= 0.6 is 0 Å². The monoisotopic (exact) mass is 242 g/mol. The summed E-state index contributed by atoms with van der Waals surface area (Å²) in [5.41, 5.74) is 0. The van der Waals surface area contributed by atoms with Gasteiger partial charge in [-0.3, -0.25) is 9.59 Å². The van der Waals surface area contributed by atoms with E-state index < -0.39 is 11.9 Å². The molecular weight excluding hydrogens is 228 g/mol. The molecule has 0 bridgehead atoms. The highest BCUT2D eigenvalue weighted by Crippen LogP contribution is 2.14. The van der Waals surface area contributed by atoms with Crippen LogP contribution in [-0.2, 0) is 9.59 Å². The first kappa shape index (κ1) is 14.8. The summed E-state index contributed by atoms with van der Waals surface area (Å²) in [5.74, 6) is -1.72. The molecule has 0 aliphatic heterocycles. The Kier molecular flexibility index (Phi) is 6.92. The molecule has 6 nitrogen and oxygen atoms in total. The number of aromatic hydroxyl groups is 2. The van der Waals surface area contributed by atoms with Crippen molar-refractivity contribution in [3.63, 3.8) is 0 Å². The first-order valence-electron chi connectivity index (χ1n) is 4.83. The van der Waals surface area contributed by atoms with Gasteiger partial charge in [0.2, 0.25) is 0 Å². The molecule has 1 aromatic carbocycles. The van der Waals surface area contributed by atoms with Crippen LogP contribution in [0.1, 0.15) is 19.3 Å². The van der Waals surface area contributed by atoms with E-state index in [2.05, 4.69) is 0 Å². The second-order valence-corrected chi connectivity index (χ2v) is 3.16. The lowest BCUT2D eigenvalue weighted by Gasteiger charge is -1.89. The highest BCUT2D eigenvalue weighted by atomic mass is 16.4. The summed E-state index contributed by atoms with van der Waals surface area (Å²) in [6.45, 7) is 0. The summed E-state index contributed by atoms with van der Waals surface area (Å²) in [5, 5.41) is 33.4. The molecule has 1 aromatic rings.